The first-order chi connectivity index (χ1) is 10.2. The first-order valence-electron chi connectivity index (χ1n) is 6.83. The molecule has 0 bridgehead atoms. The van der Waals surface area contributed by atoms with Crippen molar-refractivity contribution in [3.63, 3.8) is 0 Å². The molecule has 1 unspecified atom stereocenters. The van der Waals surface area contributed by atoms with Gasteiger partial charge in [0.1, 0.15) is 5.75 Å². The molecule has 0 saturated carbocycles. The first-order valence-corrected chi connectivity index (χ1v) is 6.83. The number of methoxy groups -OCH3 is 2. The Morgan fingerprint density at radius 1 is 1.33 bits per heavy atom. The second-order valence-electron chi connectivity index (χ2n) is 4.77. The molecule has 114 valence electrons. The van der Waals surface area contributed by atoms with Crippen molar-refractivity contribution in [1.29, 1.82) is 0 Å². The molecule has 1 atom stereocenters. The molecular weight excluding hydrogens is 270 g/mol. The number of hydrogen-bond acceptors (Lipinski definition) is 6. The summed E-state index contributed by atoms with van der Waals surface area (Å²) in [4.78, 5) is 0. The highest BCUT2D eigenvalue weighted by Crippen LogP contribution is 2.22. The minimum absolute atomic E-state index is 0.0255. The van der Waals surface area contributed by atoms with Gasteiger partial charge in [-0.25, -0.2) is 0 Å². The monoisotopic (exact) mass is 291 g/mol. The summed E-state index contributed by atoms with van der Waals surface area (Å²) in [5.41, 5.74) is 1.95. The maximum atomic E-state index is 5.27. The van der Waals surface area contributed by atoms with Crippen LogP contribution in [-0.4, -0.2) is 47.6 Å². The van der Waals surface area contributed by atoms with Crippen LogP contribution >= 0.6 is 0 Å². The van der Waals surface area contributed by atoms with Gasteiger partial charge in [-0.05, 0) is 48.0 Å². The van der Waals surface area contributed by atoms with Crippen LogP contribution in [-0.2, 0) is 4.74 Å². The molecule has 1 aromatic carbocycles. The molecule has 0 spiro atoms. The van der Waals surface area contributed by atoms with Crippen molar-refractivity contribution in [2.75, 3.05) is 27.4 Å². The summed E-state index contributed by atoms with van der Waals surface area (Å²) < 4.78 is 12.0. The van der Waals surface area contributed by atoms with Gasteiger partial charge < -0.3 is 14.8 Å². The average molecular weight is 291 g/mol. The average Bonchev–Trinajstić information content (AvgIpc) is 2.96. The van der Waals surface area contributed by atoms with Crippen molar-refractivity contribution in [3.8, 4) is 11.4 Å². The van der Waals surface area contributed by atoms with E-state index in [1.54, 1.807) is 18.9 Å². The van der Waals surface area contributed by atoms with E-state index in [-0.39, 0.29) is 6.04 Å². The van der Waals surface area contributed by atoms with Crippen molar-refractivity contribution in [2.45, 2.75) is 19.9 Å². The van der Waals surface area contributed by atoms with Gasteiger partial charge >= 0.3 is 0 Å². The topological polar surface area (TPSA) is 74.1 Å². The SMILES string of the molecule is COCCNC(C)c1nnnn1-c1ccc(OC)c(C)c1. The third kappa shape index (κ3) is 3.56. The maximum Gasteiger partial charge on any atom is 0.173 e. The zero-order chi connectivity index (χ0) is 15.2. The number of ether oxygens (including phenoxy) is 2. The predicted octanol–water partition coefficient (Wildman–Crippen LogP) is 1.28. The molecule has 1 heterocycles. The van der Waals surface area contributed by atoms with E-state index >= 15 is 0 Å². The van der Waals surface area contributed by atoms with Crippen LogP contribution in [0.5, 0.6) is 5.75 Å². The Morgan fingerprint density at radius 3 is 2.81 bits per heavy atom. The van der Waals surface area contributed by atoms with E-state index in [2.05, 4.69) is 20.8 Å². The number of aryl methyl sites for hydroxylation is 1. The number of hydrogen-bond donors (Lipinski definition) is 1. The summed E-state index contributed by atoms with van der Waals surface area (Å²) in [6, 6.07) is 5.88. The van der Waals surface area contributed by atoms with E-state index in [4.69, 9.17) is 9.47 Å². The third-order valence-corrected chi connectivity index (χ3v) is 3.26. The Morgan fingerprint density at radius 2 is 2.14 bits per heavy atom. The zero-order valence-corrected chi connectivity index (χ0v) is 12.8. The number of nitrogens with zero attached hydrogens (tertiary/aromatic N) is 4. The van der Waals surface area contributed by atoms with Gasteiger partial charge in [-0.1, -0.05) is 0 Å². The van der Waals surface area contributed by atoms with Gasteiger partial charge in [0, 0.05) is 13.7 Å². The lowest BCUT2D eigenvalue weighted by molar-refractivity contribution is 0.196. The summed E-state index contributed by atoms with van der Waals surface area (Å²) >= 11 is 0. The minimum atomic E-state index is 0.0255. The summed E-state index contributed by atoms with van der Waals surface area (Å²) in [6.07, 6.45) is 0. The Kier molecular flexibility index (Phi) is 5.24. The summed E-state index contributed by atoms with van der Waals surface area (Å²) in [5.74, 6) is 1.61. The quantitative estimate of drug-likeness (QED) is 0.775. The highest BCUT2D eigenvalue weighted by molar-refractivity contribution is 5.43. The van der Waals surface area contributed by atoms with Crippen LogP contribution in [0.1, 0.15) is 24.4 Å². The molecule has 0 aliphatic carbocycles. The standard InChI is InChI=1S/C14H21N5O2/c1-10-9-12(5-6-13(10)21-4)19-14(16-17-18-19)11(2)15-7-8-20-3/h5-6,9,11,15H,7-8H2,1-4H3. The van der Waals surface area contributed by atoms with Gasteiger partial charge in [-0.3, -0.25) is 0 Å². The van der Waals surface area contributed by atoms with E-state index in [0.717, 1.165) is 29.4 Å². The minimum Gasteiger partial charge on any atom is -0.496 e. The van der Waals surface area contributed by atoms with Crippen molar-refractivity contribution in [2.24, 2.45) is 0 Å². The van der Waals surface area contributed by atoms with Crippen LogP contribution < -0.4 is 10.1 Å². The number of aromatic nitrogens is 4. The van der Waals surface area contributed by atoms with Gasteiger partial charge in [0.15, 0.2) is 5.82 Å². The highest BCUT2D eigenvalue weighted by atomic mass is 16.5. The van der Waals surface area contributed by atoms with E-state index < -0.39 is 0 Å². The zero-order valence-electron chi connectivity index (χ0n) is 12.8. The molecule has 2 aromatic rings. The molecule has 7 heteroatoms. The summed E-state index contributed by atoms with van der Waals surface area (Å²) in [7, 11) is 3.34. The molecule has 1 N–H and O–H groups in total. The van der Waals surface area contributed by atoms with Crippen molar-refractivity contribution in [1.82, 2.24) is 25.5 Å². The number of benzene rings is 1. The fourth-order valence-corrected chi connectivity index (χ4v) is 2.11. The van der Waals surface area contributed by atoms with Crippen molar-refractivity contribution in [3.05, 3.63) is 29.6 Å². The fraction of sp³-hybridized carbons (Fsp3) is 0.500. The van der Waals surface area contributed by atoms with Crippen molar-refractivity contribution >= 4 is 0 Å². The Hall–Kier alpha value is -1.99. The molecular formula is C14H21N5O2. The normalized spacial score (nSPS) is 12.4. The van der Waals surface area contributed by atoms with Gasteiger partial charge in [-0.15, -0.1) is 5.10 Å². The number of rotatable bonds is 7. The van der Waals surface area contributed by atoms with Crippen LogP contribution in [0.4, 0.5) is 0 Å². The van der Waals surface area contributed by atoms with E-state index in [1.807, 2.05) is 32.0 Å². The lowest BCUT2D eigenvalue weighted by atomic mass is 10.2. The molecule has 0 fully saturated rings. The Bertz CT molecular complexity index is 584. The van der Waals surface area contributed by atoms with Gasteiger partial charge in [0.25, 0.3) is 0 Å². The molecule has 2 rings (SSSR count). The van der Waals surface area contributed by atoms with Gasteiger partial charge in [0.2, 0.25) is 0 Å². The van der Waals surface area contributed by atoms with Crippen molar-refractivity contribution < 1.29 is 9.47 Å². The molecule has 0 amide bonds. The number of nitrogens with one attached hydrogen (secondary N) is 1. The van der Waals surface area contributed by atoms with E-state index in [9.17, 15) is 0 Å². The first kappa shape index (κ1) is 15.4. The third-order valence-electron chi connectivity index (χ3n) is 3.26. The largest absolute Gasteiger partial charge is 0.496 e. The second kappa shape index (κ2) is 7.14. The number of tetrazole rings is 1. The molecule has 0 radical (unpaired) electrons. The molecule has 0 aliphatic heterocycles. The van der Waals surface area contributed by atoms with Crippen LogP contribution in [0.3, 0.4) is 0 Å². The van der Waals surface area contributed by atoms with Crippen LogP contribution in [0, 0.1) is 6.92 Å². The van der Waals surface area contributed by atoms with Gasteiger partial charge in [0.05, 0.1) is 25.4 Å². The van der Waals surface area contributed by atoms with Crippen LogP contribution in [0.25, 0.3) is 5.69 Å². The summed E-state index contributed by atoms with van der Waals surface area (Å²) in [5, 5.41) is 15.3. The van der Waals surface area contributed by atoms with Gasteiger partial charge in [-0.2, -0.15) is 4.68 Å². The lowest BCUT2D eigenvalue weighted by Crippen LogP contribution is -2.25. The second-order valence-corrected chi connectivity index (χ2v) is 4.77. The molecule has 1 aromatic heterocycles. The van der Waals surface area contributed by atoms with E-state index in [1.165, 1.54) is 0 Å². The van der Waals surface area contributed by atoms with Crippen LogP contribution in [0.15, 0.2) is 18.2 Å². The smallest absolute Gasteiger partial charge is 0.173 e. The molecule has 0 saturated heterocycles. The maximum absolute atomic E-state index is 5.27. The molecule has 7 nitrogen and oxygen atoms in total. The van der Waals surface area contributed by atoms with Crippen LogP contribution in [0.2, 0.25) is 0 Å². The molecule has 21 heavy (non-hydrogen) atoms. The predicted molar refractivity (Wildman–Crippen MR) is 78.7 cm³/mol. The lowest BCUT2D eigenvalue weighted by Gasteiger charge is -2.14. The van der Waals surface area contributed by atoms with E-state index in [0.29, 0.717) is 6.61 Å². The Balaban J connectivity index is 2.21. The summed E-state index contributed by atoms with van der Waals surface area (Å²) in [6.45, 7) is 5.40. The molecule has 0 aliphatic rings. The highest BCUT2D eigenvalue weighted by Gasteiger charge is 2.15. The fourth-order valence-electron chi connectivity index (χ4n) is 2.11. The Labute approximate surface area is 124 Å².